The molecule has 1 saturated heterocycles. The van der Waals surface area contributed by atoms with Crippen LogP contribution in [0.15, 0.2) is 12.3 Å². The number of hydrogen-bond donors (Lipinski definition) is 3. The Labute approximate surface area is 165 Å². The van der Waals surface area contributed by atoms with E-state index in [1.165, 1.54) is 6.92 Å². The van der Waals surface area contributed by atoms with Gasteiger partial charge in [0.1, 0.15) is 11.3 Å². The fourth-order valence-electron chi connectivity index (χ4n) is 4.14. The normalized spacial score (nSPS) is 27.3. The monoisotopic (exact) mass is 419 g/mol. The number of alkyl halides is 3. The molecular formula is C17H21ClF3N5O2. The molecule has 1 amide bonds. The van der Waals surface area contributed by atoms with E-state index < -0.39 is 29.9 Å². The number of aliphatic hydroxyl groups excluding tert-OH is 1. The van der Waals surface area contributed by atoms with Gasteiger partial charge in [0.15, 0.2) is 5.65 Å². The molecule has 7 nitrogen and oxygen atoms in total. The van der Waals surface area contributed by atoms with Gasteiger partial charge in [-0.1, -0.05) is 0 Å². The fraction of sp³-hybridized carbons (Fsp3) is 0.588. The third-order valence-corrected chi connectivity index (χ3v) is 5.50. The Morgan fingerprint density at radius 2 is 2.00 bits per heavy atom. The van der Waals surface area contributed by atoms with Crippen molar-refractivity contribution < 1.29 is 23.1 Å². The molecular weight excluding hydrogens is 399 g/mol. The predicted octanol–water partition coefficient (Wildman–Crippen LogP) is 1.57. The summed E-state index contributed by atoms with van der Waals surface area (Å²) in [4.78, 5) is 16.7. The molecule has 28 heavy (non-hydrogen) atoms. The van der Waals surface area contributed by atoms with Crippen molar-refractivity contribution in [3.05, 3.63) is 29.2 Å². The molecule has 1 saturated carbocycles. The lowest BCUT2D eigenvalue weighted by molar-refractivity contribution is -0.142. The van der Waals surface area contributed by atoms with Crippen molar-refractivity contribution in [2.45, 2.75) is 38.1 Å². The number of aromatic nitrogens is 3. The summed E-state index contributed by atoms with van der Waals surface area (Å²) in [5.74, 6) is 0.188. The van der Waals surface area contributed by atoms with Gasteiger partial charge in [-0.05, 0) is 50.8 Å². The third-order valence-electron chi connectivity index (χ3n) is 5.50. The van der Waals surface area contributed by atoms with Gasteiger partial charge < -0.3 is 15.7 Å². The summed E-state index contributed by atoms with van der Waals surface area (Å²) in [5.41, 5.74) is -1.03. The highest BCUT2D eigenvalue weighted by molar-refractivity contribution is 5.99. The first kappa shape index (κ1) is 20.8. The van der Waals surface area contributed by atoms with E-state index in [1.54, 1.807) is 0 Å². The molecule has 2 aromatic rings. The molecule has 1 aliphatic heterocycles. The number of aliphatic hydroxyl groups is 1. The Hall–Kier alpha value is -1.91. The van der Waals surface area contributed by atoms with Crippen LogP contribution in [0.4, 0.5) is 13.2 Å². The summed E-state index contributed by atoms with van der Waals surface area (Å²) in [6.07, 6.45) is -2.99. The number of fused-ring (bicyclic) bond motifs is 2. The van der Waals surface area contributed by atoms with Crippen LogP contribution in [0.3, 0.4) is 0 Å². The first-order valence-electron chi connectivity index (χ1n) is 8.86. The maximum Gasteiger partial charge on any atom is 0.433 e. The lowest BCUT2D eigenvalue weighted by Crippen LogP contribution is -2.49. The summed E-state index contributed by atoms with van der Waals surface area (Å²) in [5, 5.41) is 20.1. The number of rotatable bonds is 2. The zero-order valence-corrected chi connectivity index (χ0v) is 15.8. The molecule has 1 aliphatic carbocycles. The summed E-state index contributed by atoms with van der Waals surface area (Å²) >= 11 is 0. The van der Waals surface area contributed by atoms with Crippen LogP contribution >= 0.6 is 12.4 Å². The van der Waals surface area contributed by atoms with Crippen LogP contribution in [0.1, 0.15) is 34.6 Å². The molecule has 3 heterocycles. The van der Waals surface area contributed by atoms with Crippen molar-refractivity contribution in [1.82, 2.24) is 25.2 Å². The van der Waals surface area contributed by atoms with E-state index in [4.69, 9.17) is 0 Å². The van der Waals surface area contributed by atoms with E-state index in [1.807, 2.05) is 0 Å². The zero-order chi connectivity index (χ0) is 19.3. The van der Waals surface area contributed by atoms with E-state index in [0.717, 1.165) is 25.4 Å². The van der Waals surface area contributed by atoms with E-state index in [-0.39, 0.29) is 29.3 Å². The zero-order valence-electron chi connectivity index (χ0n) is 15.0. The van der Waals surface area contributed by atoms with Crippen molar-refractivity contribution >= 4 is 24.0 Å². The number of nitrogens with one attached hydrogen (secondary N) is 2. The Balaban J connectivity index is 0.00000225. The molecule has 0 bridgehead atoms. The summed E-state index contributed by atoms with van der Waals surface area (Å²) < 4.78 is 40.3. The van der Waals surface area contributed by atoms with E-state index in [0.29, 0.717) is 29.2 Å². The van der Waals surface area contributed by atoms with Crippen LogP contribution in [0, 0.1) is 18.8 Å². The van der Waals surface area contributed by atoms with Crippen LogP contribution in [0.5, 0.6) is 0 Å². The van der Waals surface area contributed by atoms with E-state index in [9.17, 15) is 23.1 Å². The van der Waals surface area contributed by atoms with Gasteiger partial charge in [0.05, 0.1) is 18.3 Å². The van der Waals surface area contributed by atoms with Crippen LogP contribution in [-0.4, -0.2) is 50.8 Å². The first-order chi connectivity index (χ1) is 12.7. The smallest absolute Gasteiger partial charge is 0.391 e. The minimum Gasteiger partial charge on any atom is -0.391 e. The van der Waals surface area contributed by atoms with Crippen molar-refractivity contribution in [1.29, 1.82) is 0 Å². The van der Waals surface area contributed by atoms with Gasteiger partial charge in [0.2, 0.25) is 0 Å². The number of aryl methyl sites for hydroxylation is 1. The standard InChI is InChI=1S/C17H20F3N5O2.ClH/c1-8-2-14(17(18,19)20)25-15(23-8)11(7-22-25)16(27)24-12-3-9-5-21-6-10(9)4-13(12)26;/h2,7,9-10,12-13,21,26H,3-6H2,1H3,(H,24,27);1H/t9-,10+,12-,13-;/m0./s1. The van der Waals surface area contributed by atoms with Crippen LogP contribution < -0.4 is 10.6 Å². The van der Waals surface area contributed by atoms with Crippen LogP contribution in [0.25, 0.3) is 5.65 Å². The molecule has 2 aliphatic rings. The molecule has 0 radical (unpaired) electrons. The van der Waals surface area contributed by atoms with Gasteiger partial charge in [-0.3, -0.25) is 4.79 Å². The summed E-state index contributed by atoms with van der Waals surface area (Å²) in [6.45, 7) is 3.14. The number of nitrogens with zero attached hydrogens (tertiary/aromatic N) is 3. The molecule has 2 aromatic heterocycles. The highest BCUT2D eigenvalue weighted by Crippen LogP contribution is 2.33. The van der Waals surface area contributed by atoms with Gasteiger partial charge in [0.25, 0.3) is 5.91 Å². The molecule has 2 fully saturated rings. The number of carbonyl (C=O) groups excluding carboxylic acids is 1. The average molecular weight is 420 g/mol. The Morgan fingerprint density at radius 3 is 2.68 bits per heavy atom. The highest BCUT2D eigenvalue weighted by Gasteiger charge is 2.40. The number of carbonyl (C=O) groups is 1. The van der Waals surface area contributed by atoms with Crippen LogP contribution in [0.2, 0.25) is 0 Å². The third kappa shape index (κ3) is 3.68. The summed E-state index contributed by atoms with van der Waals surface area (Å²) in [7, 11) is 0. The second-order valence-corrected chi connectivity index (χ2v) is 7.37. The van der Waals surface area contributed by atoms with Crippen molar-refractivity contribution in [3.8, 4) is 0 Å². The molecule has 154 valence electrons. The number of hydrogen-bond acceptors (Lipinski definition) is 5. The van der Waals surface area contributed by atoms with Crippen molar-refractivity contribution in [2.75, 3.05) is 13.1 Å². The lowest BCUT2D eigenvalue weighted by Gasteiger charge is -2.35. The highest BCUT2D eigenvalue weighted by atomic mass is 35.5. The Bertz CT molecular complexity index is 888. The van der Waals surface area contributed by atoms with Crippen molar-refractivity contribution in [2.24, 2.45) is 11.8 Å². The lowest BCUT2D eigenvalue weighted by atomic mass is 9.77. The SMILES string of the molecule is Cc1cc(C(F)(F)F)n2ncc(C(=O)N[C@H]3C[C@H]4CNC[C@H]4C[C@@H]3O)c2n1.Cl. The second kappa shape index (κ2) is 7.49. The van der Waals surface area contributed by atoms with Gasteiger partial charge >= 0.3 is 6.18 Å². The van der Waals surface area contributed by atoms with Crippen molar-refractivity contribution in [3.63, 3.8) is 0 Å². The van der Waals surface area contributed by atoms with E-state index >= 15 is 0 Å². The topological polar surface area (TPSA) is 91.6 Å². The number of amides is 1. The molecule has 4 atom stereocenters. The molecule has 0 unspecified atom stereocenters. The number of halogens is 4. The molecule has 0 aromatic carbocycles. The van der Waals surface area contributed by atoms with Gasteiger partial charge in [-0.15, -0.1) is 12.4 Å². The largest absolute Gasteiger partial charge is 0.433 e. The second-order valence-electron chi connectivity index (χ2n) is 7.37. The Morgan fingerprint density at radius 1 is 1.32 bits per heavy atom. The predicted molar refractivity (Wildman–Crippen MR) is 96.3 cm³/mol. The van der Waals surface area contributed by atoms with E-state index in [2.05, 4.69) is 20.7 Å². The van der Waals surface area contributed by atoms with Gasteiger partial charge in [-0.25, -0.2) is 9.50 Å². The van der Waals surface area contributed by atoms with Gasteiger partial charge in [-0.2, -0.15) is 18.3 Å². The quantitative estimate of drug-likeness (QED) is 0.687. The average Bonchev–Trinajstić information content (AvgIpc) is 3.19. The molecule has 0 spiro atoms. The minimum absolute atomic E-state index is 0. The van der Waals surface area contributed by atoms with Crippen LogP contribution in [-0.2, 0) is 6.18 Å². The maximum absolute atomic E-state index is 13.2. The Kier molecular flexibility index (Phi) is 5.57. The minimum atomic E-state index is -4.62. The fourth-order valence-corrected chi connectivity index (χ4v) is 4.14. The van der Waals surface area contributed by atoms with Gasteiger partial charge in [0, 0.05) is 5.69 Å². The first-order valence-corrected chi connectivity index (χ1v) is 8.86. The molecule has 11 heteroatoms. The molecule has 4 rings (SSSR count). The summed E-state index contributed by atoms with van der Waals surface area (Å²) in [6, 6.07) is 0.445. The molecule has 3 N–H and O–H groups in total. The maximum atomic E-state index is 13.2.